The van der Waals surface area contributed by atoms with Gasteiger partial charge >= 0.3 is 5.97 Å². The van der Waals surface area contributed by atoms with E-state index in [1.807, 2.05) is 31.2 Å². The van der Waals surface area contributed by atoms with Gasteiger partial charge in [-0.05, 0) is 17.9 Å². The highest BCUT2D eigenvalue weighted by atomic mass is 16.4. The van der Waals surface area contributed by atoms with Gasteiger partial charge in [0.1, 0.15) is 11.9 Å². The van der Waals surface area contributed by atoms with Crippen molar-refractivity contribution in [2.75, 3.05) is 11.9 Å². The van der Waals surface area contributed by atoms with Crippen LogP contribution in [0.2, 0.25) is 0 Å². The number of rotatable bonds is 4. The van der Waals surface area contributed by atoms with E-state index in [0.29, 0.717) is 5.82 Å². The molecule has 5 heteroatoms. The maximum absolute atomic E-state index is 10.9. The van der Waals surface area contributed by atoms with Crippen molar-refractivity contribution >= 4 is 22.6 Å². The zero-order valence-corrected chi connectivity index (χ0v) is 9.92. The van der Waals surface area contributed by atoms with Gasteiger partial charge < -0.3 is 15.5 Å². The van der Waals surface area contributed by atoms with Gasteiger partial charge in [0.15, 0.2) is 0 Å². The molecule has 5 nitrogen and oxygen atoms in total. The number of nitrogens with zero attached hydrogens (tertiary/aromatic N) is 1. The molecule has 1 aromatic heterocycles. The van der Waals surface area contributed by atoms with Crippen LogP contribution in [0.25, 0.3) is 10.8 Å². The van der Waals surface area contributed by atoms with Crippen LogP contribution < -0.4 is 5.32 Å². The van der Waals surface area contributed by atoms with Crippen molar-refractivity contribution in [3.05, 3.63) is 36.0 Å². The number of fused-ring (bicyclic) bond motifs is 1. The number of carboxylic acids is 1. The number of carboxylic acid groups (broad SMARTS) is 1. The summed E-state index contributed by atoms with van der Waals surface area (Å²) in [6.45, 7) is 1.46. The fourth-order valence-electron chi connectivity index (χ4n) is 1.80. The van der Waals surface area contributed by atoms with Crippen LogP contribution in [0.3, 0.4) is 0 Å². The molecule has 0 aliphatic carbocycles. The van der Waals surface area contributed by atoms with E-state index in [9.17, 15) is 4.79 Å². The summed E-state index contributed by atoms with van der Waals surface area (Å²) in [5.41, 5.74) is 1.02. The summed E-state index contributed by atoms with van der Waals surface area (Å²) in [7, 11) is 0. The average molecular weight is 246 g/mol. The smallest absolute Gasteiger partial charge is 0.328 e. The summed E-state index contributed by atoms with van der Waals surface area (Å²) in [6.07, 6.45) is 1.68. The first kappa shape index (κ1) is 12.3. The van der Waals surface area contributed by atoms with Gasteiger partial charge in [0.2, 0.25) is 0 Å². The van der Waals surface area contributed by atoms with Gasteiger partial charge in [-0.25, -0.2) is 9.78 Å². The Labute approximate surface area is 104 Å². The highest BCUT2D eigenvalue weighted by Gasteiger charge is 2.17. The molecule has 0 bridgehead atoms. The monoisotopic (exact) mass is 246 g/mol. The first-order valence-electron chi connectivity index (χ1n) is 5.58. The molecule has 0 radical (unpaired) electrons. The number of anilines is 1. The quantitative estimate of drug-likeness (QED) is 0.759. The number of aliphatic hydroxyl groups is 1. The van der Waals surface area contributed by atoms with E-state index in [2.05, 4.69) is 10.3 Å². The Hall–Kier alpha value is -2.14. The number of benzene rings is 1. The van der Waals surface area contributed by atoms with Crippen LogP contribution in [-0.2, 0) is 4.79 Å². The summed E-state index contributed by atoms with van der Waals surface area (Å²) in [5.74, 6) is -0.637. The summed E-state index contributed by atoms with van der Waals surface area (Å²) < 4.78 is 0. The molecular weight excluding hydrogens is 232 g/mol. The Morgan fingerprint density at radius 2 is 2.06 bits per heavy atom. The third-order valence-electron chi connectivity index (χ3n) is 2.79. The van der Waals surface area contributed by atoms with Crippen molar-refractivity contribution in [2.45, 2.75) is 13.0 Å². The molecule has 2 aromatic rings. The number of aryl methyl sites for hydroxylation is 1. The van der Waals surface area contributed by atoms with E-state index in [1.165, 1.54) is 0 Å². The molecular formula is C13H14N2O3. The Bertz CT molecular complexity index is 583. The lowest BCUT2D eigenvalue weighted by Crippen LogP contribution is -2.33. The van der Waals surface area contributed by atoms with Crippen LogP contribution in [0.5, 0.6) is 0 Å². The SMILES string of the molecule is Cc1cnc(NC(CO)C(=O)O)c2ccccc12. The first-order valence-corrected chi connectivity index (χ1v) is 5.58. The molecule has 3 N–H and O–H groups in total. The fraction of sp³-hybridized carbons (Fsp3) is 0.231. The lowest BCUT2D eigenvalue weighted by atomic mass is 10.1. The molecule has 1 atom stereocenters. The zero-order valence-electron chi connectivity index (χ0n) is 9.92. The van der Waals surface area contributed by atoms with Crippen LogP contribution in [0.1, 0.15) is 5.56 Å². The number of nitrogens with one attached hydrogen (secondary N) is 1. The Morgan fingerprint density at radius 1 is 1.39 bits per heavy atom. The number of aromatic nitrogens is 1. The Morgan fingerprint density at radius 3 is 2.67 bits per heavy atom. The summed E-state index contributed by atoms with van der Waals surface area (Å²) in [4.78, 5) is 15.1. The molecule has 1 aromatic carbocycles. The maximum atomic E-state index is 10.9. The third-order valence-corrected chi connectivity index (χ3v) is 2.79. The molecule has 0 amide bonds. The van der Waals surface area contributed by atoms with Crippen molar-refractivity contribution in [3.8, 4) is 0 Å². The molecule has 1 unspecified atom stereocenters. The number of hydrogen-bond donors (Lipinski definition) is 3. The van der Waals surface area contributed by atoms with Gasteiger partial charge in [-0.2, -0.15) is 0 Å². The average Bonchev–Trinajstić information content (AvgIpc) is 2.38. The molecule has 18 heavy (non-hydrogen) atoms. The molecule has 0 aliphatic rings. The van der Waals surface area contributed by atoms with Crippen molar-refractivity contribution in [2.24, 2.45) is 0 Å². The van der Waals surface area contributed by atoms with E-state index in [1.54, 1.807) is 6.20 Å². The number of aliphatic hydroxyl groups excluding tert-OH is 1. The summed E-state index contributed by atoms with van der Waals surface area (Å²) in [6, 6.07) is 6.55. The minimum Gasteiger partial charge on any atom is -0.480 e. The molecule has 0 fully saturated rings. The third kappa shape index (κ3) is 2.26. The van der Waals surface area contributed by atoms with Crippen LogP contribution >= 0.6 is 0 Å². The van der Waals surface area contributed by atoms with Crippen LogP contribution in [0, 0.1) is 6.92 Å². The fourth-order valence-corrected chi connectivity index (χ4v) is 1.80. The highest BCUT2D eigenvalue weighted by Crippen LogP contribution is 2.24. The molecule has 2 rings (SSSR count). The van der Waals surface area contributed by atoms with Crippen LogP contribution in [-0.4, -0.2) is 33.8 Å². The Kier molecular flexibility index (Phi) is 3.43. The second-order valence-corrected chi connectivity index (χ2v) is 4.05. The predicted octanol–water partition coefficient (Wildman–Crippen LogP) is 1.40. The van der Waals surface area contributed by atoms with Crippen molar-refractivity contribution in [3.63, 3.8) is 0 Å². The minimum absolute atomic E-state index is 0.470. The minimum atomic E-state index is -1.11. The van der Waals surface area contributed by atoms with Crippen molar-refractivity contribution in [1.29, 1.82) is 0 Å². The Balaban J connectivity index is 2.45. The van der Waals surface area contributed by atoms with Gasteiger partial charge in [-0.3, -0.25) is 0 Å². The standard InChI is InChI=1S/C13H14N2O3/c1-8-6-14-12(15-11(7-16)13(17)18)10-5-3-2-4-9(8)10/h2-6,11,16H,7H2,1H3,(H,14,15)(H,17,18). The molecule has 1 heterocycles. The predicted molar refractivity (Wildman–Crippen MR) is 68.6 cm³/mol. The number of pyridine rings is 1. The zero-order chi connectivity index (χ0) is 13.1. The van der Waals surface area contributed by atoms with Crippen LogP contribution in [0.4, 0.5) is 5.82 Å². The van der Waals surface area contributed by atoms with E-state index >= 15 is 0 Å². The maximum Gasteiger partial charge on any atom is 0.328 e. The van der Waals surface area contributed by atoms with Gasteiger partial charge in [0, 0.05) is 11.6 Å². The van der Waals surface area contributed by atoms with E-state index in [4.69, 9.17) is 10.2 Å². The normalized spacial score (nSPS) is 12.3. The van der Waals surface area contributed by atoms with Gasteiger partial charge in [-0.1, -0.05) is 24.3 Å². The van der Waals surface area contributed by atoms with Gasteiger partial charge in [0.25, 0.3) is 0 Å². The molecule has 0 saturated carbocycles. The number of hydrogen-bond acceptors (Lipinski definition) is 4. The van der Waals surface area contributed by atoms with E-state index in [0.717, 1.165) is 16.3 Å². The topological polar surface area (TPSA) is 82.5 Å². The number of carbonyl (C=O) groups is 1. The first-order chi connectivity index (χ1) is 8.63. The largest absolute Gasteiger partial charge is 0.480 e. The van der Waals surface area contributed by atoms with E-state index in [-0.39, 0.29) is 0 Å². The molecule has 0 aliphatic heterocycles. The highest BCUT2D eigenvalue weighted by molar-refractivity contribution is 5.95. The van der Waals surface area contributed by atoms with Gasteiger partial charge in [-0.15, -0.1) is 0 Å². The second kappa shape index (κ2) is 5.01. The van der Waals surface area contributed by atoms with Crippen LogP contribution in [0.15, 0.2) is 30.5 Å². The number of aliphatic carboxylic acids is 1. The molecule has 0 spiro atoms. The van der Waals surface area contributed by atoms with Crippen molar-refractivity contribution in [1.82, 2.24) is 4.98 Å². The lowest BCUT2D eigenvalue weighted by molar-refractivity contribution is -0.138. The molecule has 0 saturated heterocycles. The lowest BCUT2D eigenvalue weighted by Gasteiger charge is -2.14. The summed E-state index contributed by atoms with van der Waals surface area (Å²) in [5, 5.41) is 22.5. The second-order valence-electron chi connectivity index (χ2n) is 4.05. The molecule has 94 valence electrons. The van der Waals surface area contributed by atoms with E-state index < -0.39 is 18.6 Å². The van der Waals surface area contributed by atoms with Crippen molar-refractivity contribution < 1.29 is 15.0 Å². The van der Waals surface area contributed by atoms with Gasteiger partial charge in [0.05, 0.1) is 6.61 Å². The summed E-state index contributed by atoms with van der Waals surface area (Å²) >= 11 is 0.